The summed E-state index contributed by atoms with van der Waals surface area (Å²) in [4.78, 5) is 51.6. The third-order valence-corrected chi connectivity index (χ3v) is 7.90. The first kappa shape index (κ1) is 31.1. The summed E-state index contributed by atoms with van der Waals surface area (Å²) < 4.78 is 16.3. The molecule has 0 spiro atoms. The molecule has 1 unspecified atom stereocenters. The van der Waals surface area contributed by atoms with Gasteiger partial charge in [-0.15, -0.1) is 0 Å². The predicted octanol–water partition coefficient (Wildman–Crippen LogP) is 4.37. The minimum absolute atomic E-state index is 0.0109. The Kier molecular flexibility index (Phi) is 8.84. The minimum atomic E-state index is -1.56. The normalized spacial score (nSPS) is 18.2. The molecular formula is C32H36N2O9. The molecule has 4 N–H and O–H groups in total. The third kappa shape index (κ3) is 5.54. The van der Waals surface area contributed by atoms with E-state index in [1.807, 2.05) is 0 Å². The lowest BCUT2D eigenvalue weighted by atomic mass is 9.70. The number of unbranched alkanes of at least 4 members (excludes halogenated alkanes) is 2. The minimum Gasteiger partial charge on any atom is -0.507 e. The molecular weight excluding hydrogens is 556 g/mol. The fourth-order valence-electron chi connectivity index (χ4n) is 5.45. The Morgan fingerprint density at radius 2 is 1.70 bits per heavy atom. The summed E-state index contributed by atoms with van der Waals surface area (Å²) in [5, 5.41) is 27.4. The van der Waals surface area contributed by atoms with Crippen molar-refractivity contribution >= 4 is 28.9 Å². The standard InChI is InChI=1S/C32H36N2O9/c1-16-28(38)26(18(3)35)30-27(29(16)39)32(4)23(43-30)15-20(36)25(31(32)40)17(2)33-13-9-7-8-10-24(37)34-19-11-12-21(41-5)22(14-19)42-6/h11-12,14-15,33,38-39H,7-10,13H2,1-6H3,(H,34,37)/b25-17+. The molecule has 228 valence electrons. The molecule has 2 aliphatic rings. The van der Waals surface area contributed by atoms with Gasteiger partial charge in [-0.2, -0.15) is 0 Å². The zero-order valence-corrected chi connectivity index (χ0v) is 25.1. The van der Waals surface area contributed by atoms with Crippen LogP contribution < -0.4 is 24.8 Å². The summed E-state index contributed by atoms with van der Waals surface area (Å²) in [5.41, 5.74) is -0.729. The Bertz CT molecular complexity index is 1590. The topological polar surface area (TPSA) is 160 Å². The molecule has 0 saturated heterocycles. The second-order valence-electron chi connectivity index (χ2n) is 10.7. The van der Waals surface area contributed by atoms with E-state index in [0.29, 0.717) is 48.7 Å². The number of nitrogens with one attached hydrogen (secondary N) is 2. The number of carbonyl (C=O) groups is 4. The number of ketones is 3. The molecule has 1 atom stereocenters. The lowest BCUT2D eigenvalue weighted by molar-refractivity contribution is -0.123. The lowest BCUT2D eigenvalue weighted by Crippen LogP contribution is -2.41. The molecule has 43 heavy (non-hydrogen) atoms. The monoisotopic (exact) mass is 592 g/mol. The van der Waals surface area contributed by atoms with E-state index >= 15 is 0 Å². The number of rotatable bonds is 11. The van der Waals surface area contributed by atoms with Gasteiger partial charge in [0.15, 0.2) is 28.8 Å². The highest BCUT2D eigenvalue weighted by Crippen LogP contribution is 2.57. The number of carbonyl (C=O) groups excluding carboxylic acids is 4. The van der Waals surface area contributed by atoms with Gasteiger partial charge in [0.1, 0.15) is 34.0 Å². The highest BCUT2D eigenvalue weighted by molar-refractivity contribution is 6.31. The Hall–Kier alpha value is -4.80. The maximum atomic E-state index is 13.9. The zero-order chi connectivity index (χ0) is 31.6. The van der Waals surface area contributed by atoms with Crippen molar-refractivity contribution in [3.05, 3.63) is 58.0 Å². The van der Waals surface area contributed by atoms with Crippen molar-refractivity contribution in [2.45, 2.75) is 58.8 Å². The van der Waals surface area contributed by atoms with Crippen molar-refractivity contribution in [2.75, 3.05) is 26.1 Å². The van der Waals surface area contributed by atoms with Gasteiger partial charge in [0, 0.05) is 42.1 Å². The fourth-order valence-corrected chi connectivity index (χ4v) is 5.45. The van der Waals surface area contributed by atoms with E-state index < -0.39 is 28.5 Å². The van der Waals surface area contributed by atoms with Crippen LogP contribution in [0.4, 0.5) is 5.69 Å². The van der Waals surface area contributed by atoms with Gasteiger partial charge in [-0.05, 0) is 52.7 Å². The molecule has 0 fully saturated rings. The van der Waals surface area contributed by atoms with Crippen molar-refractivity contribution in [1.29, 1.82) is 0 Å². The van der Waals surface area contributed by atoms with Crippen molar-refractivity contribution in [1.82, 2.24) is 5.32 Å². The van der Waals surface area contributed by atoms with Crippen LogP contribution in [0.5, 0.6) is 28.7 Å². The van der Waals surface area contributed by atoms with E-state index in [2.05, 4.69) is 10.6 Å². The molecule has 1 aliphatic heterocycles. The summed E-state index contributed by atoms with van der Waals surface area (Å²) in [7, 11) is 3.06. The smallest absolute Gasteiger partial charge is 0.224 e. The average Bonchev–Trinajstić information content (AvgIpc) is 3.25. The number of benzene rings is 2. The molecule has 1 amide bonds. The molecule has 0 aromatic heterocycles. The molecule has 4 rings (SSSR count). The summed E-state index contributed by atoms with van der Waals surface area (Å²) in [5.74, 6) is -1.64. The SMILES string of the molecule is COc1ccc(NC(=O)CCCCCN/C(C)=C2\C(=O)C=C3Oc4c(C(C)=O)c(O)c(C)c(O)c4C3(C)C2=O)cc1OC. The van der Waals surface area contributed by atoms with Crippen LogP contribution in [-0.4, -0.2) is 54.2 Å². The molecule has 1 heterocycles. The largest absolute Gasteiger partial charge is 0.507 e. The van der Waals surface area contributed by atoms with Crippen molar-refractivity contribution in [3.63, 3.8) is 0 Å². The number of methoxy groups -OCH3 is 2. The van der Waals surface area contributed by atoms with Gasteiger partial charge in [0.05, 0.1) is 25.4 Å². The first-order valence-electron chi connectivity index (χ1n) is 13.9. The van der Waals surface area contributed by atoms with Crippen LogP contribution >= 0.6 is 0 Å². The lowest BCUT2D eigenvalue weighted by Gasteiger charge is -2.29. The maximum absolute atomic E-state index is 13.9. The molecule has 2 aromatic rings. The summed E-state index contributed by atoms with van der Waals surface area (Å²) in [6.45, 7) is 6.29. The van der Waals surface area contributed by atoms with E-state index in [0.717, 1.165) is 6.42 Å². The van der Waals surface area contributed by atoms with E-state index in [1.54, 1.807) is 25.1 Å². The first-order valence-corrected chi connectivity index (χ1v) is 13.9. The summed E-state index contributed by atoms with van der Waals surface area (Å²) >= 11 is 0. The Morgan fingerprint density at radius 1 is 1.00 bits per heavy atom. The van der Waals surface area contributed by atoms with E-state index in [1.165, 1.54) is 41.1 Å². The Labute approximate surface area is 249 Å². The van der Waals surface area contributed by atoms with E-state index in [-0.39, 0.29) is 45.4 Å². The summed E-state index contributed by atoms with van der Waals surface area (Å²) in [6.07, 6.45) is 3.55. The number of allylic oxidation sites excluding steroid dienone is 4. The zero-order valence-electron chi connectivity index (χ0n) is 25.1. The highest BCUT2D eigenvalue weighted by Gasteiger charge is 2.56. The second kappa shape index (κ2) is 12.2. The van der Waals surface area contributed by atoms with Gasteiger partial charge in [-0.25, -0.2) is 0 Å². The van der Waals surface area contributed by atoms with Gasteiger partial charge in [0.2, 0.25) is 5.91 Å². The number of phenolic OH excluding ortho intramolecular Hbond substituents is 2. The summed E-state index contributed by atoms with van der Waals surface area (Å²) in [6, 6.07) is 5.14. The van der Waals surface area contributed by atoms with Gasteiger partial charge in [0.25, 0.3) is 0 Å². The molecule has 2 aromatic carbocycles. The third-order valence-electron chi connectivity index (χ3n) is 7.90. The Balaban J connectivity index is 1.39. The molecule has 11 heteroatoms. The quantitative estimate of drug-likeness (QED) is 0.128. The number of hydrogen-bond donors (Lipinski definition) is 4. The van der Waals surface area contributed by atoms with Crippen LogP contribution in [0.15, 0.2) is 41.3 Å². The maximum Gasteiger partial charge on any atom is 0.224 e. The molecule has 0 saturated carbocycles. The number of aromatic hydroxyl groups is 2. The van der Waals surface area contributed by atoms with Crippen LogP contribution in [-0.2, 0) is 19.8 Å². The average molecular weight is 593 g/mol. The number of phenols is 2. The van der Waals surface area contributed by atoms with Gasteiger partial charge in [-0.1, -0.05) is 6.42 Å². The number of ether oxygens (including phenoxy) is 3. The second-order valence-corrected chi connectivity index (χ2v) is 10.7. The van der Waals surface area contributed by atoms with Gasteiger partial charge < -0.3 is 35.1 Å². The molecule has 11 nitrogen and oxygen atoms in total. The number of hydrogen-bond acceptors (Lipinski definition) is 10. The van der Waals surface area contributed by atoms with Gasteiger partial charge in [-0.3, -0.25) is 19.2 Å². The highest BCUT2D eigenvalue weighted by atomic mass is 16.5. The van der Waals surface area contributed by atoms with Crippen LogP contribution in [0.1, 0.15) is 67.9 Å². The Morgan fingerprint density at radius 3 is 2.35 bits per heavy atom. The first-order chi connectivity index (χ1) is 20.4. The van der Waals surface area contributed by atoms with Crippen LogP contribution in [0.3, 0.4) is 0 Å². The van der Waals surface area contributed by atoms with Crippen molar-refractivity contribution in [2.24, 2.45) is 0 Å². The fraction of sp³-hybridized carbons (Fsp3) is 0.375. The number of amides is 1. The van der Waals surface area contributed by atoms with Gasteiger partial charge >= 0.3 is 0 Å². The van der Waals surface area contributed by atoms with Crippen LogP contribution in [0, 0.1) is 6.92 Å². The molecule has 1 aliphatic carbocycles. The van der Waals surface area contributed by atoms with Crippen LogP contribution in [0.2, 0.25) is 0 Å². The van der Waals surface area contributed by atoms with Crippen molar-refractivity contribution < 1.29 is 43.6 Å². The predicted molar refractivity (Wildman–Crippen MR) is 158 cm³/mol. The van der Waals surface area contributed by atoms with Crippen molar-refractivity contribution in [3.8, 4) is 28.7 Å². The van der Waals surface area contributed by atoms with E-state index in [9.17, 15) is 29.4 Å². The molecule has 0 radical (unpaired) electrons. The number of fused-ring (bicyclic) bond motifs is 3. The number of anilines is 1. The molecule has 0 bridgehead atoms. The van der Waals surface area contributed by atoms with E-state index in [4.69, 9.17) is 14.2 Å². The number of Topliss-reactive ketones (excluding diaryl/α,β-unsaturated/α-hetero) is 2. The van der Waals surface area contributed by atoms with Crippen LogP contribution in [0.25, 0.3) is 0 Å².